The van der Waals surface area contributed by atoms with Crippen molar-refractivity contribution in [2.75, 3.05) is 20.1 Å². The molecule has 1 aliphatic rings. The Morgan fingerprint density at radius 1 is 1.47 bits per heavy atom. The summed E-state index contributed by atoms with van der Waals surface area (Å²) in [7, 11) is 2.03. The lowest BCUT2D eigenvalue weighted by atomic mass is 10.2. The van der Waals surface area contributed by atoms with Gasteiger partial charge in [-0.1, -0.05) is 6.07 Å². The molecule has 1 N–H and O–H groups in total. The van der Waals surface area contributed by atoms with Crippen LogP contribution >= 0.6 is 12.4 Å². The quantitative estimate of drug-likeness (QED) is 0.892. The van der Waals surface area contributed by atoms with Crippen LogP contribution in [0.4, 0.5) is 0 Å². The van der Waals surface area contributed by atoms with Crippen LogP contribution in [0.5, 0.6) is 0 Å². The van der Waals surface area contributed by atoms with E-state index in [-0.39, 0.29) is 12.4 Å². The van der Waals surface area contributed by atoms with E-state index in [2.05, 4.69) is 34.3 Å². The molecule has 0 amide bonds. The molecule has 96 valence electrons. The highest BCUT2D eigenvalue weighted by molar-refractivity contribution is 5.85. The number of hydrogen-bond donors (Lipinski definition) is 1. The molecule has 1 unspecified atom stereocenters. The van der Waals surface area contributed by atoms with Gasteiger partial charge in [-0.25, -0.2) is 0 Å². The molecule has 0 aliphatic carbocycles. The molecule has 3 nitrogen and oxygen atoms in total. The number of pyridine rings is 1. The summed E-state index contributed by atoms with van der Waals surface area (Å²) in [5.41, 5.74) is 2.42. The van der Waals surface area contributed by atoms with Crippen molar-refractivity contribution in [3.05, 3.63) is 29.6 Å². The maximum absolute atomic E-state index is 4.47. The molecule has 1 atom stereocenters. The normalized spacial score (nSPS) is 20.2. The Bertz CT molecular complexity index is 326. The molecule has 1 saturated heterocycles. The summed E-state index contributed by atoms with van der Waals surface area (Å²) in [6.45, 7) is 5.37. The predicted octanol–water partition coefficient (Wildman–Crippen LogP) is 2.00. The monoisotopic (exact) mass is 255 g/mol. The van der Waals surface area contributed by atoms with E-state index in [1.54, 1.807) is 0 Å². The van der Waals surface area contributed by atoms with Crippen LogP contribution in [0.25, 0.3) is 0 Å². The van der Waals surface area contributed by atoms with Crippen LogP contribution in [0.15, 0.2) is 18.3 Å². The fraction of sp³-hybridized carbons (Fsp3) is 0.615. The standard InChI is InChI=1S/C13H21N3.ClH/c1-11-5-6-12(15-8-11)10-16-7-3-4-13(16)9-14-2;/h5-6,8,13-14H,3-4,7,9-10H2,1-2H3;1H. The highest BCUT2D eigenvalue weighted by Gasteiger charge is 2.23. The maximum atomic E-state index is 4.47. The van der Waals surface area contributed by atoms with E-state index in [4.69, 9.17) is 0 Å². The molecule has 1 aliphatic heterocycles. The molecule has 2 heterocycles. The van der Waals surface area contributed by atoms with Crippen LogP contribution in [0.2, 0.25) is 0 Å². The zero-order chi connectivity index (χ0) is 11.4. The maximum Gasteiger partial charge on any atom is 0.0544 e. The lowest BCUT2D eigenvalue weighted by molar-refractivity contribution is 0.239. The summed E-state index contributed by atoms with van der Waals surface area (Å²) in [4.78, 5) is 7.01. The Kier molecular flexibility index (Phi) is 5.89. The first-order chi connectivity index (χ1) is 7.79. The second-order valence-electron chi connectivity index (χ2n) is 4.65. The zero-order valence-electron chi connectivity index (χ0n) is 10.6. The van der Waals surface area contributed by atoms with Crippen LogP contribution in [0, 0.1) is 6.92 Å². The smallest absolute Gasteiger partial charge is 0.0544 e. The Morgan fingerprint density at radius 2 is 2.29 bits per heavy atom. The average Bonchev–Trinajstić information content (AvgIpc) is 2.70. The van der Waals surface area contributed by atoms with E-state index in [1.165, 1.54) is 30.6 Å². The van der Waals surface area contributed by atoms with Crippen molar-refractivity contribution < 1.29 is 0 Å². The van der Waals surface area contributed by atoms with Crippen molar-refractivity contribution in [3.8, 4) is 0 Å². The van der Waals surface area contributed by atoms with E-state index in [0.717, 1.165) is 13.1 Å². The number of aryl methyl sites for hydroxylation is 1. The Balaban J connectivity index is 0.00000144. The van der Waals surface area contributed by atoms with Crippen molar-refractivity contribution in [3.63, 3.8) is 0 Å². The van der Waals surface area contributed by atoms with Crippen LogP contribution < -0.4 is 5.32 Å². The van der Waals surface area contributed by atoms with E-state index in [9.17, 15) is 0 Å². The molecule has 0 aromatic carbocycles. The second-order valence-corrected chi connectivity index (χ2v) is 4.65. The molecule has 2 rings (SSSR count). The summed E-state index contributed by atoms with van der Waals surface area (Å²) in [6, 6.07) is 4.98. The van der Waals surface area contributed by atoms with Gasteiger partial charge in [0.05, 0.1) is 5.69 Å². The molecular formula is C13H22ClN3. The minimum atomic E-state index is 0. The molecule has 4 heteroatoms. The Hall–Kier alpha value is -0.640. The third-order valence-electron chi connectivity index (χ3n) is 3.28. The second kappa shape index (κ2) is 6.94. The molecular weight excluding hydrogens is 234 g/mol. The first-order valence-corrected chi connectivity index (χ1v) is 6.10. The van der Waals surface area contributed by atoms with E-state index < -0.39 is 0 Å². The largest absolute Gasteiger partial charge is 0.318 e. The lowest BCUT2D eigenvalue weighted by Gasteiger charge is -2.23. The number of hydrogen-bond acceptors (Lipinski definition) is 3. The summed E-state index contributed by atoms with van der Waals surface area (Å²) >= 11 is 0. The number of likely N-dealkylation sites (N-methyl/N-ethyl adjacent to an activating group) is 1. The highest BCUT2D eigenvalue weighted by atomic mass is 35.5. The van der Waals surface area contributed by atoms with Gasteiger partial charge in [-0.15, -0.1) is 12.4 Å². The number of halogens is 1. The summed E-state index contributed by atoms with van der Waals surface area (Å²) < 4.78 is 0. The zero-order valence-corrected chi connectivity index (χ0v) is 11.5. The fourth-order valence-electron chi connectivity index (χ4n) is 2.37. The molecule has 1 aromatic rings. The molecule has 0 radical (unpaired) electrons. The van der Waals surface area contributed by atoms with Crippen molar-refractivity contribution in [1.29, 1.82) is 0 Å². The van der Waals surface area contributed by atoms with Gasteiger partial charge in [-0.3, -0.25) is 9.88 Å². The highest BCUT2D eigenvalue weighted by Crippen LogP contribution is 2.18. The minimum Gasteiger partial charge on any atom is -0.318 e. The topological polar surface area (TPSA) is 28.2 Å². The van der Waals surface area contributed by atoms with Crippen molar-refractivity contribution >= 4 is 12.4 Å². The van der Waals surface area contributed by atoms with E-state index >= 15 is 0 Å². The molecule has 0 spiro atoms. The first kappa shape index (κ1) is 14.4. The van der Waals surface area contributed by atoms with Gasteiger partial charge in [0.25, 0.3) is 0 Å². The van der Waals surface area contributed by atoms with Gasteiger partial charge in [0.15, 0.2) is 0 Å². The van der Waals surface area contributed by atoms with Gasteiger partial charge < -0.3 is 5.32 Å². The van der Waals surface area contributed by atoms with Crippen LogP contribution in [0.1, 0.15) is 24.1 Å². The molecule has 1 fully saturated rings. The van der Waals surface area contributed by atoms with Crippen LogP contribution in [-0.2, 0) is 6.54 Å². The van der Waals surface area contributed by atoms with Crippen LogP contribution in [-0.4, -0.2) is 36.1 Å². The number of likely N-dealkylation sites (tertiary alicyclic amines) is 1. The Morgan fingerprint density at radius 3 is 2.94 bits per heavy atom. The number of nitrogens with one attached hydrogen (secondary N) is 1. The SMILES string of the molecule is CNCC1CCCN1Cc1ccc(C)cn1.Cl. The van der Waals surface area contributed by atoms with Crippen LogP contribution in [0.3, 0.4) is 0 Å². The summed E-state index contributed by atoms with van der Waals surface area (Å²) in [6.07, 6.45) is 4.59. The minimum absolute atomic E-state index is 0. The van der Waals surface area contributed by atoms with Crippen molar-refractivity contribution in [1.82, 2.24) is 15.2 Å². The third-order valence-corrected chi connectivity index (χ3v) is 3.28. The average molecular weight is 256 g/mol. The van der Waals surface area contributed by atoms with Gasteiger partial charge in [0, 0.05) is 25.3 Å². The Labute approximate surface area is 110 Å². The number of nitrogens with zero attached hydrogens (tertiary/aromatic N) is 2. The molecule has 17 heavy (non-hydrogen) atoms. The number of aromatic nitrogens is 1. The van der Waals surface area contributed by atoms with E-state index in [0.29, 0.717) is 6.04 Å². The third kappa shape index (κ3) is 3.95. The van der Waals surface area contributed by atoms with Gasteiger partial charge in [-0.2, -0.15) is 0 Å². The van der Waals surface area contributed by atoms with Gasteiger partial charge in [0.1, 0.15) is 0 Å². The lowest BCUT2D eigenvalue weighted by Crippen LogP contribution is -2.36. The van der Waals surface area contributed by atoms with Crippen molar-refractivity contribution in [2.24, 2.45) is 0 Å². The summed E-state index contributed by atoms with van der Waals surface area (Å²) in [5, 5.41) is 3.27. The molecule has 1 aromatic heterocycles. The predicted molar refractivity (Wildman–Crippen MR) is 73.6 cm³/mol. The summed E-state index contributed by atoms with van der Waals surface area (Å²) in [5.74, 6) is 0. The fourth-order valence-corrected chi connectivity index (χ4v) is 2.37. The molecule has 0 saturated carbocycles. The first-order valence-electron chi connectivity index (χ1n) is 6.10. The van der Waals surface area contributed by atoms with E-state index in [1.807, 2.05) is 13.2 Å². The van der Waals surface area contributed by atoms with Gasteiger partial charge >= 0.3 is 0 Å². The van der Waals surface area contributed by atoms with Gasteiger partial charge in [0.2, 0.25) is 0 Å². The number of rotatable bonds is 4. The molecule has 0 bridgehead atoms. The van der Waals surface area contributed by atoms with Crippen molar-refractivity contribution in [2.45, 2.75) is 32.4 Å². The van der Waals surface area contributed by atoms with Gasteiger partial charge in [-0.05, 0) is 45.0 Å².